The molecule has 1 N–H and O–H groups in total. The third kappa shape index (κ3) is 4.95. The minimum atomic E-state index is -0.221. The van der Waals surface area contributed by atoms with Gasteiger partial charge in [0.2, 0.25) is 0 Å². The van der Waals surface area contributed by atoms with Crippen LogP contribution in [0.1, 0.15) is 12.5 Å². The first-order chi connectivity index (χ1) is 8.13. The van der Waals surface area contributed by atoms with Crippen LogP contribution in [-0.4, -0.2) is 26.2 Å². The minimum absolute atomic E-state index is 0.145. The van der Waals surface area contributed by atoms with Crippen LogP contribution in [0.5, 0.6) is 0 Å². The summed E-state index contributed by atoms with van der Waals surface area (Å²) in [5, 5.41) is 3.17. The number of halogens is 1. The van der Waals surface area contributed by atoms with E-state index >= 15 is 0 Å². The number of methoxy groups -OCH3 is 1. The molecule has 0 aliphatic rings. The van der Waals surface area contributed by atoms with Gasteiger partial charge in [-0.1, -0.05) is 19.1 Å². The van der Waals surface area contributed by atoms with Crippen molar-refractivity contribution in [3.8, 4) is 0 Å². The highest BCUT2D eigenvalue weighted by Crippen LogP contribution is 2.03. The molecule has 1 aromatic rings. The fourth-order valence-corrected chi connectivity index (χ4v) is 1.49. The Morgan fingerprint density at radius 2 is 2.06 bits per heavy atom. The van der Waals surface area contributed by atoms with E-state index < -0.39 is 0 Å². The molecule has 0 bridgehead atoms. The molecule has 1 aromatic carbocycles. The fourth-order valence-electron chi connectivity index (χ4n) is 1.49. The molecule has 0 fully saturated rings. The second-order valence-corrected chi connectivity index (χ2v) is 4.00. The lowest BCUT2D eigenvalue weighted by Crippen LogP contribution is -2.28. The van der Waals surface area contributed by atoms with Crippen molar-refractivity contribution in [2.45, 2.75) is 13.3 Å². The monoisotopic (exact) mass is 239 g/mol. The van der Waals surface area contributed by atoms with Crippen molar-refractivity contribution in [2.75, 3.05) is 20.2 Å². The molecule has 0 aromatic heterocycles. The normalized spacial score (nSPS) is 12.2. The van der Waals surface area contributed by atoms with Gasteiger partial charge in [0.05, 0.1) is 13.0 Å². The predicted molar refractivity (Wildman–Crippen MR) is 64.2 cm³/mol. The van der Waals surface area contributed by atoms with Crippen molar-refractivity contribution in [3.05, 3.63) is 35.6 Å². The molecule has 0 saturated heterocycles. The first kappa shape index (κ1) is 13.6. The number of benzene rings is 1. The van der Waals surface area contributed by atoms with Crippen molar-refractivity contribution in [3.63, 3.8) is 0 Å². The van der Waals surface area contributed by atoms with Crippen molar-refractivity contribution < 1.29 is 13.9 Å². The largest absolute Gasteiger partial charge is 0.469 e. The number of nitrogens with one attached hydrogen (secondary N) is 1. The molecule has 1 unspecified atom stereocenters. The molecule has 1 atom stereocenters. The highest BCUT2D eigenvalue weighted by molar-refractivity contribution is 5.71. The molecule has 1 rings (SSSR count). The highest BCUT2D eigenvalue weighted by atomic mass is 19.1. The summed E-state index contributed by atoms with van der Waals surface area (Å²) in [4.78, 5) is 11.1. The van der Waals surface area contributed by atoms with E-state index in [0.29, 0.717) is 6.54 Å². The van der Waals surface area contributed by atoms with Crippen LogP contribution in [0.15, 0.2) is 24.3 Å². The summed E-state index contributed by atoms with van der Waals surface area (Å²) in [5.74, 6) is -0.575. The lowest BCUT2D eigenvalue weighted by Gasteiger charge is -2.10. The number of carbonyl (C=O) groups is 1. The third-order valence-corrected chi connectivity index (χ3v) is 2.56. The van der Waals surface area contributed by atoms with E-state index in [1.165, 1.54) is 19.2 Å². The maximum atomic E-state index is 12.6. The second kappa shape index (κ2) is 7.01. The molecule has 0 aliphatic heterocycles. The van der Waals surface area contributed by atoms with Gasteiger partial charge in [0.1, 0.15) is 5.82 Å². The van der Waals surface area contributed by atoms with E-state index in [4.69, 9.17) is 0 Å². The van der Waals surface area contributed by atoms with Crippen LogP contribution < -0.4 is 5.32 Å². The Hall–Kier alpha value is -1.42. The average Bonchev–Trinajstić information content (AvgIpc) is 2.35. The topological polar surface area (TPSA) is 38.3 Å². The van der Waals surface area contributed by atoms with E-state index in [1.807, 2.05) is 6.92 Å². The van der Waals surface area contributed by atoms with E-state index in [-0.39, 0.29) is 17.7 Å². The standard InChI is InChI=1S/C13H18FNO2/c1-10(13(16)17-2)9-15-8-7-11-3-5-12(14)6-4-11/h3-6,10,15H,7-9H2,1-2H3. The van der Waals surface area contributed by atoms with Crippen LogP contribution in [0.2, 0.25) is 0 Å². The molecule has 0 spiro atoms. The number of esters is 1. The quantitative estimate of drug-likeness (QED) is 0.607. The van der Waals surface area contributed by atoms with Crippen LogP contribution in [-0.2, 0) is 16.0 Å². The molecule has 4 heteroatoms. The zero-order valence-electron chi connectivity index (χ0n) is 10.2. The van der Waals surface area contributed by atoms with Crippen LogP contribution in [0.4, 0.5) is 4.39 Å². The van der Waals surface area contributed by atoms with Crippen LogP contribution in [0.3, 0.4) is 0 Å². The Morgan fingerprint density at radius 3 is 2.65 bits per heavy atom. The summed E-state index contributed by atoms with van der Waals surface area (Å²) in [6, 6.07) is 6.43. The van der Waals surface area contributed by atoms with Crippen molar-refractivity contribution >= 4 is 5.97 Å². The highest BCUT2D eigenvalue weighted by Gasteiger charge is 2.11. The zero-order valence-corrected chi connectivity index (χ0v) is 10.2. The lowest BCUT2D eigenvalue weighted by molar-refractivity contribution is -0.144. The van der Waals surface area contributed by atoms with Crippen LogP contribution in [0.25, 0.3) is 0 Å². The molecule has 17 heavy (non-hydrogen) atoms. The Bertz CT molecular complexity index is 351. The first-order valence-electron chi connectivity index (χ1n) is 5.66. The van der Waals surface area contributed by atoms with Gasteiger partial charge in [0.15, 0.2) is 0 Å². The first-order valence-corrected chi connectivity index (χ1v) is 5.66. The maximum absolute atomic E-state index is 12.6. The molecule has 0 aliphatic carbocycles. The molecular formula is C13H18FNO2. The third-order valence-electron chi connectivity index (χ3n) is 2.56. The molecule has 94 valence electrons. The smallest absolute Gasteiger partial charge is 0.309 e. The van der Waals surface area contributed by atoms with Gasteiger partial charge < -0.3 is 10.1 Å². The average molecular weight is 239 g/mol. The van der Waals surface area contributed by atoms with E-state index in [1.54, 1.807) is 12.1 Å². The van der Waals surface area contributed by atoms with Gasteiger partial charge in [-0.25, -0.2) is 4.39 Å². The molecular weight excluding hydrogens is 221 g/mol. The summed E-state index contributed by atoms with van der Waals surface area (Å²) in [6.45, 7) is 3.16. The van der Waals surface area contributed by atoms with E-state index in [0.717, 1.165) is 18.5 Å². The molecule has 0 heterocycles. The number of carbonyl (C=O) groups excluding carboxylic acids is 1. The summed E-state index contributed by atoms with van der Waals surface area (Å²) in [6.07, 6.45) is 0.814. The Balaban J connectivity index is 2.20. The van der Waals surface area contributed by atoms with Gasteiger partial charge in [-0.2, -0.15) is 0 Å². The predicted octanol–water partition coefficient (Wildman–Crippen LogP) is 1.77. The SMILES string of the molecule is COC(=O)C(C)CNCCc1ccc(F)cc1. The lowest BCUT2D eigenvalue weighted by atomic mass is 10.1. The van der Waals surface area contributed by atoms with Gasteiger partial charge in [-0.3, -0.25) is 4.79 Å². The van der Waals surface area contributed by atoms with Crippen molar-refractivity contribution in [1.82, 2.24) is 5.32 Å². The van der Waals surface area contributed by atoms with Crippen LogP contribution in [0, 0.1) is 11.7 Å². The number of rotatable bonds is 6. The Kier molecular flexibility index (Phi) is 5.63. The number of ether oxygens (including phenoxy) is 1. The maximum Gasteiger partial charge on any atom is 0.309 e. The zero-order chi connectivity index (χ0) is 12.7. The molecule has 0 saturated carbocycles. The van der Waals surface area contributed by atoms with Gasteiger partial charge in [0, 0.05) is 6.54 Å². The van der Waals surface area contributed by atoms with Crippen molar-refractivity contribution in [1.29, 1.82) is 0 Å². The van der Waals surface area contributed by atoms with E-state index in [2.05, 4.69) is 10.1 Å². The minimum Gasteiger partial charge on any atom is -0.469 e. The van der Waals surface area contributed by atoms with Gasteiger partial charge in [-0.05, 0) is 30.7 Å². The Labute approximate surface area is 101 Å². The van der Waals surface area contributed by atoms with Crippen molar-refractivity contribution in [2.24, 2.45) is 5.92 Å². The molecule has 0 amide bonds. The van der Waals surface area contributed by atoms with Gasteiger partial charge >= 0.3 is 5.97 Å². The molecule has 0 radical (unpaired) electrons. The summed E-state index contributed by atoms with van der Waals surface area (Å²) in [7, 11) is 1.39. The summed E-state index contributed by atoms with van der Waals surface area (Å²) >= 11 is 0. The number of hydrogen-bond donors (Lipinski definition) is 1. The Morgan fingerprint density at radius 1 is 1.41 bits per heavy atom. The number of hydrogen-bond acceptors (Lipinski definition) is 3. The summed E-state index contributed by atoms with van der Waals surface area (Å²) < 4.78 is 17.3. The van der Waals surface area contributed by atoms with Gasteiger partial charge in [0.25, 0.3) is 0 Å². The second-order valence-electron chi connectivity index (χ2n) is 4.00. The van der Waals surface area contributed by atoms with E-state index in [9.17, 15) is 9.18 Å². The fraction of sp³-hybridized carbons (Fsp3) is 0.462. The molecule has 3 nitrogen and oxygen atoms in total. The van der Waals surface area contributed by atoms with Gasteiger partial charge in [-0.15, -0.1) is 0 Å². The van der Waals surface area contributed by atoms with Crippen LogP contribution >= 0.6 is 0 Å². The summed E-state index contributed by atoms with van der Waals surface area (Å²) in [5.41, 5.74) is 1.07.